The number of benzene rings is 1. The average molecular weight is 342 g/mol. The molecule has 0 bridgehead atoms. The van der Waals surface area contributed by atoms with Crippen molar-refractivity contribution in [2.75, 3.05) is 13.7 Å². The van der Waals surface area contributed by atoms with Crippen LogP contribution >= 0.6 is 0 Å². The number of aliphatic hydroxyl groups is 1. The predicted octanol–water partition coefficient (Wildman–Crippen LogP) is 1.98. The molecule has 0 fully saturated rings. The molecule has 1 N–H and O–H groups in total. The normalized spacial score (nSPS) is 11.3. The van der Waals surface area contributed by atoms with Gasteiger partial charge in [0, 0.05) is 17.7 Å². The first kappa shape index (κ1) is 21.9. The summed E-state index contributed by atoms with van der Waals surface area (Å²) in [6, 6.07) is 2.94. The van der Waals surface area contributed by atoms with Gasteiger partial charge < -0.3 is 19.3 Å². The summed E-state index contributed by atoms with van der Waals surface area (Å²) in [6.45, 7) is 1.44. The van der Waals surface area contributed by atoms with Gasteiger partial charge in [0.15, 0.2) is 0 Å². The van der Waals surface area contributed by atoms with Crippen molar-refractivity contribution in [3.8, 4) is 11.5 Å². The average Bonchev–Trinajstić information content (AvgIpc) is 2.45. The summed E-state index contributed by atoms with van der Waals surface area (Å²) in [5.74, 6) is -3.81. The van der Waals surface area contributed by atoms with Gasteiger partial charge in [-0.05, 0) is 19.1 Å². The molecule has 1 rings (SSSR count). The van der Waals surface area contributed by atoms with Crippen LogP contribution < -0.4 is 9.47 Å². The summed E-state index contributed by atoms with van der Waals surface area (Å²) in [5.41, 5.74) is -0.207. The molecule has 0 heterocycles. The summed E-state index contributed by atoms with van der Waals surface area (Å²) in [7, 11) is 1.20. The van der Waals surface area contributed by atoms with Gasteiger partial charge in [0.25, 0.3) is 5.78 Å². The number of aliphatic hydroxyl groups excluding tert-OH is 1. The van der Waals surface area contributed by atoms with Gasteiger partial charge in [-0.2, -0.15) is 0 Å². The maximum atomic E-state index is 12.3. The van der Waals surface area contributed by atoms with Gasteiger partial charge in [0.1, 0.15) is 17.3 Å². The monoisotopic (exact) mass is 342 g/mol. The van der Waals surface area contributed by atoms with E-state index < -0.39 is 29.6 Å². The Morgan fingerprint density at radius 3 is 2.29 bits per heavy atom. The van der Waals surface area contributed by atoms with Crippen molar-refractivity contribution in [2.24, 2.45) is 0 Å². The number of carbonyl (C=O) groups is 2. The third-order valence-electron chi connectivity index (χ3n) is 2.39. The molecule has 0 unspecified atom stereocenters. The molecule has 10 heteroatoms. The maximum absolute atomic E-state index is 12.3. The van der Waals surface area contributed by atoms with E-state index in [1.54, 1.807) is 0 Å². The van der Waals surface area contributed by atoms with E-state index in [4.69, 9.17) is 4.74 Å². The van der Waals surface area contributed by atoms with Crippen molar-refractivity contribution >= 4 is 36.4 Å². The quantitative estimate of drug-likeness (QED) is 0.280. The molecule has 24 heavy (non-hydrogen) atoms. The van der Waals surface area contributed by atoms with Gasteiger partial charge in [-0.15, -0.1) is 13.2 Å². The van der Waals surface area contributed by atoms with Crippen LogP contribution in [0, 0.1) is 0 Å². The van der Waals surface area contributed by atoms with Gasteiger partial charge >= 0.3 is 31.2 Å². The van der Waals surface area contributed by atoms with Crippen LogP contribution in [0.25, 0.3) is 5.76 Å². The van der Waals surface area contributed by atoms with Crippen LogP contribution in [0.5, 0.6) is 11.5 Å². The first-order chi connectivity index (χ1) is 10.7. The Kier molecular flexibility index (Phi) is 8.43. The van der Waals surface area contributed by atoms with Gasteiger partial charge in [-0.25, -0.2) is 4.79 Å². The van der Waals surface area contributed by atoms with E-state index in [1.807, 2.05) is 0 Å². The second-order valence-corrected chi connectivity index (χ2v) is 4.06. The third kappa shape index (κ3) is 6.98. The van der Waals surface area contributed by atoms with Crippen LogP contribution in [-0.2, 0) is 14.3 Å². The van der Waals surface area contributed by atoms with E-state index in [0.29, 0.717) is 6.08 Å². The molecule has 0 saturated carbocycles. The van der Waals surface area contributed by atoms with Crippen LogP contribution in [0.2, 0.25) is 0 Å². The minimum atomic E-state index is -4.94. The fourth-order valence-corrected chi connectivity index (χ4v) is 1.50. The fraction of sp³-hybridized carbons (Fsp3) is 0.286. The molecule has 1 aromatic rings. The standard InChI is InChI=1S/C14H13F3O6.Li.H/c1-3-22-13(20)12(19)7-11(18)8-4-9(21-2)6-10(5-8)23-14(15,16)17;;/h4-7,18H,3H2,1-2H3;;. The Balaban J connectivity index is 0.00000529. The van der Waals surface area contributed by atoms with Gasteiger partial charge in [0.2, 0.25) is 0 Å². The van der Waals surface area contributed by atoms with Crippen molar-refractivity contribution in [2.45, 2.75) is 13.3 Å². The van der Waals surface area contributed by atoms with Crippen LogP contribution in [0.4, 0.5) is 13.2 Å². The van der Waals surface area contributed by atoms with Gasteiger partial charge in [-0.1, -0.05) is 0 Å². The minimum absolute atomic E-state index is 0. The molecule has 0 aromatic heterocycles. The number of hydrogen-bond acceptors (Lipinski definition) is 6. The molecule has 0 aliphatic rings. The summed E-state index contributed by atoms with van der Waals surface area (Å²) >= 11 is 0. The van der Waals surface area contributed by atoms with Crippen LogP contribution in [-0.4, -0.2) is 55.8 Å². The second-order valence-electron chi connectivity index (χ2n) is 4.06. The zero-order valence-electron chi connectivity index (χ0n) is 12.1. The molecule has 128 valence electrons. The summed E-state index contributed by atoms with van der Waals surface area (Å²) < 4.78 is 49.7. The van der Waals surface area contributed by atoms with Gasteiger partial charge in [0.05, 0.1) is 13.7 Å². The van der Waals surface area contributed by atoms with E-state index in [-0.39, 0.29) is 36.8 Å². The van der Waals surface area contributed by atoms with Crippen molar-refractivity contribution in [1.29, 1.82) is 0 Å². The number of esters is 1. The van der Waals surface area contributed by atoms with Crippen LogP contribution in [0.1, 0.15) is 12.5 Å². The molecular formula is C14H14F3LiO6. The summed E-state index contributed by atoms with van der Waals surface area (Å²) in [5, 5.41) is 9.79. The zero-order chi connectivity index (χ0) is 17.6. The molecule has 0 amide bonds. The van der Waals surface area contributed by atoms with Gasteiger partial charge in [-0.3, -0.25) is 4.79 Å². The Bertz CT molecular complexity index is 627. The number of methoxy groups -OCH3 is 1. The Labute approximate surface area is 147 Å². The number of halogens is 3. The van der Waals surface area contributed by atoms with Crippen molar-refractivity contribution in [3.63, 3.8) is 0 Å². The third-order valence-corrected chi connectivity index (χ3v) is 2.39. The number of rotatable bonds is 6. The predicted molar refractivity (Wildman–Crippen MR) is 79.1 cm³/mol. The van der Waals surface area contributed by atoms with Crippen molar-refractivity contribution in [3.05, 3.63) is 29.8 Å². The van der Waals surface area contributed by atoms with Crippen molar-refractivity contribution < 1.29 is 42.1 Å². The topological polar surface area (TPSA) is 82.1 Å². The molecule has 0 aliphatic heterocycles. The first-order valence-corrected chi connectivity index (χ1v) is 6.23. The fourth-order valence-electron chi connectivity index (χ4n) is 1.50. The summed E-state index contributed by atoms with van der Waals surface area (Å²) in [4.78, 5) is 22.6. The van der Waals surface area contributed by atoms with Crippen molar-refractivity contribution in [1.82, 2.24) is 0 Å². The van der Waals surface area contributed by atoms with E-state index in [0.717, 1.165) is 18.2 Å². The molecule has 0 atom stereocenters. The number of alkyl halides is 3. The number of hydrogen-bond donors (Lipinski definition) is 1. The molecule has 1 aromatic carbocycles. The molecule has 0 saturated heterocycles. The number of ether oxygens (including phenoxy) is 3. The van der Waals surface area contributed by atoms with E-state index in [1.165, 1.54) is 14.0 Å². The Hall–Kier alpha value is -2.11. The number of ketones is 1. The SMILES string of the molecule is CCOC(=O)C(=O)C=C(O)c1cc(OC)cc(OC(F)(F)F)c1.[LiH]. The Morgan fingerprint density at radius 1 is 1.21 bits per heavy atom. The van der Waals surface area contributed by atoms with E-state index in [9.17, 15) is 27.9 Å². The zero-order valence-corrected chi connectivity index (χ0v) is 12.1. The molecule has 0 aliphatic carbocycles. The van der Waals surface area contributed by atoms with Crippen LogP contribution in [0.15, 0.2) is 24.3 Å². The van der Waals surface area contributed by atoms with E-state index in [2.05, 4.69) is 9.47 Å². The van der Waals surface area contributed by atoms with E-state index >= 15 is 0 Å². The molecule has 0 spiro atoms. The molecule has 6 nitrogen and oxygen atoms in total. The Morgan fingerprint density at radius 2 is 1.79 bits per heavy atom. The molecular weight excluding hydrogens is 328 g/mol. The van der Waals surface area contributed by atoms with Crippen LogP contribution in [0.3, 0.4) is 0 Å². The number of carbonyl (C=O) groups excluding carboxylic acids is 2. The second kappa shape index (κ2) is 9.25. The summed E-state index contributed by atoms with van der Waals surface area (Å²) in [6.07, 6.45) is -4.41. The molecule has 0 radical (unpaired) electrons. The first-order valence-electron chi connectivity index (χ1n) is 6.23.